The molecule has 0 bridgehead atoms. The number of aromatic nitrogens is 1. The molecule has 0 unspecified atom stereocenters. The second-order valence-electron chi connectivity index (χ2n) is 3.10. The summed E-state index contributed by atoms with van der Waals surface area (Å²) in [6.07, 6.45) is 2.58. The summed E-state index contributed by atoms with van der Waals surface area (Å²) in [7, 11) is 0. The summed E-state index contributed by atoms with van der Waals surface area (Å²) < 4.78 is 5.52. The van der Waals surface area contributed by atoms with Crippen LogP contribution in [0.2, 0.25) is 0 Å². The lowest BCUT2D eigenvalue weighted by Crippen LogP contribution is -2.00. The minimum absolute atomic E-state index is 0.514. The van der Waals surface area contributed by atoms with Crippen molar-refractivity contribution in [3.05, 3.63) is 40.7 Å². The third-order valence-electron chi connectivity index (χ3n) is 1.96. The van der Waals surface area contributed by atoms with E-state index < -0.39 is 0 Å². The molecule has 0 aliphatic carbocycles. The molecule has 3 nitrogen and oxygen atoms in total. The van der Waals surface area contributed by atoms with Crippen LogP contribution in [0.25, 0.3) is 0 Å². The number of rotatable bonds is 4. The van der Waals surface area contributed by atoms with E-state index in [-0.39, 0.29) is 0 Å². The number of pyridine rings is 1. The fourth-order valence-electron chi connectivity index (χ4n) is 1.20. The number of nitrogens with zero attached hydrogens (tertiary/aromatic N) is 1. The smallest absolute Gasteiger partial charge is 0.137 e. The SMILES string of the molecule is Nc1ccc(OCCc2cccs2)cn1. The van der Waals surface area contributed by atoms with Crippen molar-refractivity contribution in [2.45, 2.75) is 6.42 Å². The fourth-order valence-corrected chi connectivity index (χ4v) is 1.89. The quantitative estimate of drug-likeness (QED) is 0.860. The fraction of sp³-hybridized carbons (Fsp3) is 0.182. The molecular weight excluding hydrogens is 208 g/mol. The molecule has 4 heteroatoms. The zero-order chi connectivity index (χ0) is 10.5. The van der Waals surface area contributed by atoms with Crippen molar-refractivity contribution in [1.29, 1.82) is 0 Å². The molecule has 15 heavy (non-hydrogen) atoms. The molecule has 0 aliphatic rings. The average Bonchev–Trinajstić information content (AvgIpc) is 2.74. The van der Waals surface area contributed by atoms with E-state index in [2.05, 4.69) is 16.4 Å². The average molecular weight is 220 g/mol. The number of nitrogens with two attached hydrogens (primary N) is 1. The van der Waals surface area contributed by atoms with Gasteiger partial charge in [-0.05, 0) is 23.6 Å². The van der Waals surface area contributed by atoms with Crippen molar-refractivity contribution in [3.63, 3.8) is 0 Å². The van der Waals surface area contributed by atoms with Gasteiger partial charge in [-0.1, -0.05) is 6.07 Å². The summed E-state index contributed by atoms with van der Waals surface area (Å²) in [6, 6.07) is 7.72. The maximum absolute atomic E-state index is 5.52. The summed E-state index contributed by atoms with van der Waals surface area (Å²) in [4.78, 5) is 5.28. The van der Waals surface area contributed by atoms with Gasteiger partial charge in [-0.2, -0.15) is 0 Å². The van der Waals surface area contributed by atoms with Gasteiger partial charge in [0.05, 0.1) is 12.8 Å². The minimum Gasteiger partial charge on any atom is -0.492 e. The van der Waals surface area contributed by atoms with E-state index in [0.29, 0.717) is 12.4 Å². The Morgan fingerprint density at radius 1 is 1.33 bits per heavy atom. The van der Waals surface area contributed by atoms with Crippen LogP contribution in [0.15, 0.2) is 35.8 Å². The zero-order valence-electron chi connectivity index (χ0n) is 8.22. The van der Waals surface area contributed by atoms with Crippen molar-refractivity contribution >= 4 is 17.2 Å². The van der Waals surface area contributed by atoms with Gasteiger partial charge in [0, 0.05) is 11.3 Å². The Labute approximate surface area is 92.5 Å². The molecule has 2 N–H and O–H groups in total. The van der Waals surface area contributed by atoms with E-state index >= 15 is 0 Å². The van der Waals surface area contributed by atoms with E-state index in [1.54, 1.807) is 23.6 Å². The van der Waals surface area contributed by atoms with Gasteiger partial charge in [0.15, 0.2) is 0 Å². The molecule has 2 rings (SSSR count). The molecule has 2 aromatic rings. The molecule has 2 aromatic heterocycles. The summed E-state index contributed by atoms with van der Waals surface area (Å²) in [5.41, 5.74) is 5.47. The van der Waals surface area contributed by atoms with Gasteiger partial charge in [-0.25, -0.2) is 4.98 Å². The Kier molecular flexibility index (Phi) is 3.19. The molecule has 2 heterocycles. The maximum Gasteiger partial charge on any atom is 0.137 e. The molecule has 0 saturated heterocycles. The number of ether oxygens (including phenoxy) is 1. The van der Waals surface area contributed by atoms with Crippen LogP contribution in [0.1, 0.15) is 4.88 Å². The molecule has 0 radical (unpaired) electrons. The van der Waals surface area contributed by atoms with Crippen LogP contribution < -0.4 is 10.5 Å². The van der Waals surface area contributed by atoms with E-state index in [9.17, 15) is 0 Å². The normalized spacial score (nSPS) is 10.1. The first-order valence-electron chi connectivity index (χ1n) is 4.71. The Balaban J connectivity index is 1.81. The molecule has 78 valence electrons. The van der Waals surface area contributed by atoms with E-state index in [1.165, 1.54) is 4.88 Å². The van der Waals surface area contributed by atoms with Crippen molar-refractivity contribution in [3.8, 4) is 5.75 Å². The van der Waals surface area contributed by atoms with Crippen molar-refractivity contribution in [1.82, 2.24) is 4.98 Å². The van der Waals surface area contributed by atoms with Crippen LogP contribution in [0, 0.1) is 0 Å². The van der Waals surface area contributed by atoms with Gasteiger partial charge in [-0.3, -0.25) is 0 Å². The lowest BCUT2D eigenvalue weighted by atomic mass is 10.3. The van der Waals surface area contributed by atoms with Crippen LogP contribution in [0.5, 0.6) is 5.75 Å². The highest BCUT2D eigenvalue weighted by Gasteiger charge is 1.96. The van der Waals surface area contributed by atoms with Gasteiger partial charge in [-0.15, -0.1) is 11.3 Å². The number of anilines is 1. The van der Waals surface area contributed by atoms with Crippen LogP contribution in [-0.2, 0) is 6.42 Å². The van der Waals surface area contributed by atoms with Gasteiger partial charge < -0.3 is 10.5 Å². The first-order chi connectivity index (χ1) is 7.34. The number of hydrogen-bond acceptors (Lipinski definition) is 4. The molecular formula is C11H12N2OS. The third kappa shape index (κ3) is 2.95. The highest BCUT2D eigenvalue weighted by molar-refractivity contribution is 7.09. The van der Waals surface area contributed by atoms with E-state index in [1.807, 2.05) is 12.1 Å². The summed E-state index contributed by atoms with van der Waals surface area (Å²) >= 11 is 1.74. The minimum atomic E-state index is 0.514. The highest BCUT2D eigenvalue weighted by atomic mass is 32.1. The van der Waals surface area contributed by atoms with Crippen LogP contribution >= 0.6 is 11.3 Å². The predicted molar refractivity (Wildman–Crippen MR) is 62.2 cm³/mol. The number of thiophene rings is 1. The summed E-state index contributed by atoms with van der Waals surface area (Å²) in [5, 5.41) is 2.07. The molecule has 0 fully saturated rings. The highest BCUT2D eigenvalue weighted by Crippen LogP contribution is 2.12. The first-order valence-corrected chi connectivity index (χ1v) is 5.59. The van der Waals surface area contributed by atoms with Crippen molar-refractivity contribution in [2.24, 2.45) is 0 Å². The standard InChI is InChI=1S/C11H12N2OS/c12-11-4-3-9(8-13-11)14-6-5-10-2-1-7-15-10/h1-4,7-8H,5-6H2,(H2,12,13). The topological polar surface area (TPSA) is 48.1 Å². The van der Waals surface area contributed by atoms with Gasteiger partial charge in [0.2, 0.25) is 0 Å². The van der Waals surface area contributed by atoms with Crippen LogP contribution in [0.3, 0.4) is 0 Å². The second-order valence-corrected chi connectivity index (χ2v) is 4.13. The molecule has 0 saturated carbocycles. The summed E-state index contributed by atoms with van der Waals surface area (Å²) in [6.45, 7) is 0.673. The monoisotopic (exact) mass is 220 g/mol. The first kappa shape index (κ1) is 9.98. The van der Waals surface area contributed by atoms with Crippen molar-refractivity contribution < 1.29 is 4.74 Å². The number of nitrogen functional groups attached to an aromatic ring is 1. The second kappa shape index (κ2) is 4.79. The number of hydrogen-bond donors (Lipinski definition) is 1. The van der Waals surface area contributed by atoms with Gasteiger partial charge >= 0.3 is 0 Å². The van der Waals surface area contributed by atoms with Crippen LogP contribution in [-0.4, -0.2) is 11.6 Å². The predicted octanol–water partition coefficient (Wildman–Crippen LogP) is 2.35. The lowest BCUT2D eigenvalue weighted by molar-refractivity contribution is 0.322. The lowest BCUT2D eigenvalue weighted by Gasteiger charge is -2.04. The maximum atomic E-state index is 5.52. The van der Waals surface area contributed by atoms with Crippen LogP contribution in [0.4, 0.5) is 5.82 Å². The van der Waals surface area contributed by atoms with Crippen molar-refractivity contribution in [2.75, 3.05) is 12.3 Å². The Bertz CT molecular complexity index is 397. The van der Waals surface area contributed by atoms with Gasteiger partial charge in [0.25, 0.3) is 0 Å². The third-order valence-corrected chi connectivity index (χ3v) is 2.89. The largest absolute Gasteiger partial charge is 0.492 e. The van der Waals surface area contributed by atoms with E-state index in [4.69, 9.17) is 10.5 Å². The van der Waals surface area contributed by atoms with Gasteiger partial charge in [0.1, 0.15) is 11.6 Å². The molecule has 0 aliphatic heterocycles. The zero-order valence-corrected chi connectivity index (χ0v) is 9.04. The molecule has 0 spiro atoms. The molecule has 0 aromatic carbocycles. The Hall–Kier alpha value is -1.55. The molecule has 0 amide bonds. The Morgan fingerprint density at radius 2 is 2.27 bits per heavy atom. The van der Waals surface area contributed by atoms with E-state index in [0.717, 1.165) is 12.2 Å². The summed E-state index contributed by atoms with van der Waals surface area (Å²) in [5.74, 6) is 1.28. The Morgan fingerprint density at radius 3 is 2.93 bits per heavy atom. The molecule has 0 atom stereocenters.